The number of piperidine rings is 1. The van der Waals surface area contributed by atoms with Crippen LogP contribution in [0.5, 0.6) is 11.5 Å². The third-order valence-corrected chi connectivity index (χ3v) is 7.47. The van der Waals surface area contributed by atoms with Crippen molar-refractivity contribution in [2.24, 2.45) is 17.6 Å². The first-order chi connectivity index (χ1) is 19.9. The third kappa shape index (κ3) is 6.35. The van der Waals surface area contributed by atoms with Crippen LogP contribution in [0.15, 0.2) is 42.2 Å². The highest BCUT2D eigenvalue weighted by Gasteiger charge is 2.28. The lowest BCUT2D eigenvalue weighted by Crippen LogP contribution is -2.42. The number of carbonyl (C=O) groups excluding carboxylic acids is 2. The number of methoxy groups -OCH3 is 2. The highest BCUT2D eigenvalue weighted by atomic mass is 16.5. The Labute approximate surface area is 238 Å². The molecule has 2 amide bonds. The molecule has 2 fully saturated rings. The van der Waals surface area contributed by atoms with Crippen LogP contribution in [-0.4, -0.2) is 64.9 Å². The van der Waals surface area contributed by atoms with E-state index in [4.69, 9.17) is 20.2 Å². The number of fused-ring (bicyclic) bond motifs is 1. The number of nitrogens with two attached hydrogens (primary N) is 1. The number of rotatable bonds is 11. The predicted molar refractivity (Wildman–Crippen MR) is 153 cm³/mol. The van der Waals surface area contributed by atoms with Gasteiger partial charge in [0.15, 0.2) is 11.5 Å². The van der Waals surface area contributed by atoms with Gasteiger partial charge < -0.3 is 30.7 Å². The van der Waals surface area contributed by atoms with Gasteiger partial charge in [-0.2, -0.15) is 10.2 Å². The Balaban J connectivity index is 1.35. The minimum Gasteiger partial charge on any atom is -0.497 e. The van der Waals surface area contributed by atoms with Crippen LogP contribution in [0.1, 0.15) is 42.5 Å². The van der Waals surface area contributed by atoms with Gasteiger partial charge in [-0.15, -0.1) is 0 Å². The van der Waals surface area contributed by atoms with E-state index in [1.165, 1.54) is 12.8 Å². The molecule has 12 heteroatoms. The lowest BCUT2D eigenvalue weighted by molar-refractivity contribution is -0.128. The molecule has 1 aliphatic heterocycles. The van der Waals surface area contributed by atoms with Gasteiger partial charge in [-0.3, -0.25) is 14.0 Å². The number of nitrogens with zero attached hydrogens (tertiary/aromatic N) is 5. The Morgan fingerprint density at radius 1 is 1.17 bits per heavy atom. The standard InChI is InChI=1S/C29H34N8O4/c1-40-22-12-21(13-23(14-22)41-2)34-26-24(25(31)38)27-32-9-11-37(27)29(35-26)33-16-19-4-3-10-36(17-19)28(39)20(15-30)8-7-18-5-6-18/h8-9,11-14,18-19,34H,3-7,10,16-17H2,1-2H3,(H2,31,38)(H,33,35)/b20-8+. The normalized spacial score (nSPS) is 17.1. The first kappa shape index (κ1) is 27.8. The summed E-state index contributed by atoms with van der Waals surface area (Å²) in [5.41, 5.74) is 7.07. The minimum absolute atomic E-state index is 0.138. The fourth-order valence-electron chi connectivity index (χ4n) is 5.08. The Kier molecular flexibility index (Phi) is 8.24. The summed E-state index contributed by atoms with van der Waals surface area (Å²) in [6.45, 7) is 1.70. The summed E-state index contributed by atoms with van der Waals surface area (Å²) in [6, 6.07) is 7.34. The highest BCUT2D eigenvalue weighted by Crippen LogP contribution is 2.33. The first-order valence-corrected chi connectivity index (χ1v) is 13.7. The summed E-state index contributed by atoms with van der Waals surface area (Å²) in [5.74, 6) is 1.70. The van der Waals surface area contributed by atoms with Gasteiger partial charge in [-0.1, -0.05) is 6.08 Å². The van der Waals surface area contributed by atoms with Gasteiger partial charge >= 0.3 is 0 Å². The minimum atomic E-state index is -0.679. The molecule has 1 aromatic carbocycles. The van der Waals surface area contributed by atoms with Crippen LogP contribution in [-0.2, 0) is 4.79 Å². The van der Waals surface area contributed by atoms with E-state index in [1.54, 1.807) is 60.2 Å². The van der Waals surface area contributed by atoms with E-state index in [-0.39, 0.29) is 28.8 Å². The fraction of sp³-hybridized carbons (Fsp3) is 0.414. The monoisotopic (exact) mass is 558 g/mol. The van der Waals surface area contributed by atoms with Gasteiger partial charge in [-0.05, 0) is 43.9 Å². The van der Waals surface area contributed by atoms with Crippen LogP contribution >= 0.6 is 0 Å². The maximum Gasteiger partial charge on any atom is 0.264 e. The number of hydrogen-bond donors (Lipinski definition) is 3. The number of benzene rings is 1. The van der Waals surface area contributed by atoms with Gasteiger partial charge in [0.1, 0.15) is 28.7 Å². The predicted octanol–water partition coefficient (Wildman–Crippen LogP) is 3.49. The molecule has 3 aromatic rings. The summed E-state index contributed by atoms with van der Waals surface area (Å²) < 4.78 is 12.4. The Bertz CT molecular complexity index is 1500. The molecule has 0 bridgehead atoms. The zero-order valence-electron chi connectivity index (χ0n) is 23.2. The Morgan fingerprint density at radius 3 is 2.59 bits per heavy atom. The fourth-order valence-corrected chi connectivity index (χ4v) is 5.08. The number of ether oxygens (including phenoxy) is 2. The summed E-state index contributed by atoms with van der Waals surface area (Å²) in [4.78, 5) is 36.4. The van der Waals surface area contributed by atoms with Gasteiger partial charge in [0, 0.05) is 55.9 Å². The quantitative estimate of drug-likeness (QED) is 0.236. The van der Waals surface area contributed by atoms with Crippen LogP contribution in [0.2, 0.25) is 0 Å². The molecule has 5 rings (SSSR count). The molecule has 1 saturated carbocycles. The van der Waals surface area contributed by atoms with Crippen molar-refractivity contribution < 1.29 is 19.1 Å². The van der Waals surface area contributed by atoms with Gasteiger partial charge in [0.25, 0.3) is 11.8 Å². The number of primary amides is 1. The van der Waals surface area contributed by atoms with Gasteiger partial charge in [-0.25, -0.2) is 4.98 Å². The van der Waals surface area contributed by atoms with Crippen molar-refractivity contribution >= 4 is 34.9 Å². The molecular formula is C29H34N8O4. The van der Waals surface area contributed by atoms with Crippen LogP contribution in [0.4, 0.5) is 17.5 Å². The lowest BCUT2D eigenvalue weighted by Gasteiger charge is -2.33. The van der Waals surface area contributed by atoms with Gasteiger partial charge in [0.05, 0.1) is 14.2 Å². The molecule has 1 saturated heterocycles. The Hall–Kier alpha value is -4.79. The lowest BCUT2D eigenvalue weighted by atomic mass is 9.97. The molecule has 0 radical (unpaired) electrons. The molecule has 1 unspecified atom stereocenters. The number of amides is 2. The number of allylic oxidation sites excluding steroid dienone is 1. The van der Waals surface area contributed by atoms with Crippen LogP contribution < -0.4 is 25.8 Å². The number of aromatic nitrogens is 3. The van der Waals surface area contributed by atoms with Crippen molar-refractivity contribution in [3.05, 3.63) is 47.8 Å². The van der Waals surface area contributed by atoms with Crippen LogP contribution in [0, 0.1) is 23.2 Å². The second kappa shape index (κ2) is 12.2. The molecule has 0 spiro atoms. The molecule has 2 aliphatic rings. The topological polar surface area (TPSA) is 160 Å². The van der Waals surface area contributed by atoms with Gasteiger partial charge in [0.2, 0.25) is 5.95 Å². The average Bonchev–Trinajstić information content (AvgIpc) is 3.69. The summed E-state index contributed by atoms with van der Waals surface area (Å²) in [6.07, 6.45) is 9.98. The molecular weight excluding hydrogens is 524 g/mol. The number of carbonyl (C=O) groups is 2. The number of imidazole rings is 1. The van der Waals surface area contributed by atoms with E-state index in [9.17, 15) is 14.9 Å². The second-order valence-electron chi connectivity index (χ2n) is 10.4. The zero-order chi connectivity index (χ0) is 28.9. The molecule has 1 atom stereocenters. The number of nitrogens with one attached hydrogen (secondary N) is 2. The summed E-state index contributed by atoms with van der Waals surface area (Å²) >= 11 is 0. The zero-order valence-corrected chi connectivity index (χ0v) is 23.2. The van der Waals surface area contributed by atoms with Crippen molar-refractivity contribution in [2.75, 3.05) is 44.5 Å². The summed E-state index contributed by atoms with van der Waals surface area (Å²) in [5, 5.41) is 16.1. The van der Waals surface area contributed by atoms with Crippen molar-refractivity contribution in [3.8, 4) is 17.6 Å². The SMILES string of the molecule is COc1cc(Nc2nc(NCC3CCCN(C(=O)/C(C#N)=C/CC4CC4)C3)n3ccnc3c2C(N)=O)cc(OC)c1. The molecule has 214 valence electrons. The first-order valence-electron chi connectivity index (χ1n) is 13.7. The van der Waals surface area contributed by atoms with E-state index >= 15 is 0 Å². The van der Waals surface area contributed by atoms with E-state index in [0.29, 0.717) is 54.3 Å². The molecule has 1 aliphatic carbocycles. The number of anilines is 3. The largest absolute Gasteiger partial charge is 0.497 e. The molecule has 3 heterocycles. The maximum absolute atomic E-state index is 13.1. The second-order valence-corrected chi connectivity index (χ2v) is 10.4. The molecule has 4 N–H and O–H groups in total. The van der Waals surface area contributed by atoms with E-state index in [1.807, 2.05) is 0 Å². The van der Waals surface area contributed by atoms with Crippen molar-refractivity contribution in [1.29, 1.82) is 5.26 Å². The van der Waals surface area contributed by atoms with Crippen molar-refractivity contribution in [2.45, 2.75) is 32.1 Å². The van der Waals surface area contributed by atoms with Crippen molar-refractivity contribution in [3.63, 3.8) is 0 Å². The Morgan fingerprint density at radius 2 is 1.93 bits per heavy atom. The van der Waals surface area contributed by atoms with E-state index < -0.39 is 5.91 Å². The average molecular weight is 559 g/mol. The van der Waals surface area contributed by atoms with Crippen LogP contribution in [0.3, 0.4) is 0 Å². The third-order valence-electron chi connectivity index (χ3n) is 7.47. The number of likely N-dealkylation sites (tertiary alicyclic amines) is 1. The highest BCUT2D eigenvalue weighted by molar-refractivity contribution is 6.04. The molecule has 2 aromatic heterocycles. The van der Waals surface area contributed by atoms with E-state index in [2.05, 4.69) is 21.7 Å². The number of hydrogen-bond acceptors (Lipinski definition) is 9. The smallest absolute Gasteiger partial charge is 0.264 e. The maximum atomic E-state index is 13.1. The number of nitriles is 1. The van der Waals surface area contributed by atoms with Crippen LogP contribution in [0.25, 0.3) is 5.65 Å². The molecule has 12 nitrogen and oxygen atoms in total. The van der Waals surface area contributed by atoms with Crippen molar-refractivity contribution in [1.82, 2.24) is 19.3 Å². The van der Waals surface area contributed by atoms with E-state index in [0.717, 1.165) is 19.3 Å². The summed E-state index contributed by atoms with van der Waals surface area (Å²) in [7, 11) is 3.10. The molecule has 41 heavy (non-hydrogen) atoms.